The third-order valence-electron chi connectivity index (χ3n) is 4.03. The zero-order chi connectivity index (χ0) is 20.5. The number of thiol groups is 1. The smallest absolute Gasteiger partial charge is 0.412 e. The van der Waals surface area contributed by atoms with Crippen molar-refractivity contribution in [1.29, 1.82) is 0 Å². The Balaban J connectivity index is 2.06. The maximum absolute atomic E-state index is 12.4. The summed E-state index contributed by atoms with van der Waals surface area (Å²) in [6.07, 6.45) is -0.679. The minimum atomic E-state index is -0.598. The van der Waals surface area contributed by atoms with E-state index in [1.807, 2.05) is 19.1 Å². The number of halogens is 1. The van der Waals surface area contributed by atoms with Crippen LogP contribution in [0, 0.1) is 5.92 Å². The predicted octanol–water partition coefficient (Wildman–Crippen LogP) is 4.94. The molecule has 0 aliphatic heterocycles. The SMILES string of the molecule is C[C@@H](CCOC(=O)CS)[C@H](OC(=O)Nc1ccc(Br)cc1)c1ccc(O)cc1. The number of amides is 1. The summed E-state index contributed by atoms with van der Waals surface area (Å²) in [7, 11) is 0. The van der Waals surface area contributed by atoms with Crippen molar-refractivity contribution < 1.29 is 24.2 Å². The average molecular weight is 468 g/mol. The fourth-order valence-electron chi connectivity index (χ4n) is 2.53. The Morgan fingerprint density at radius 3 is 2.39 bits per heavy atom. The van der Waals surface area contributed by atoms with Gasteiger partial charge in [-0.15, -0.1) is 0 Å². The van der Waals surface area contributed by atoms with Crippen molar-refractivity contribution in [2.24, 2.45) is 5.92 Å². The topological polar surface area (TPSA) is 84.9 Å². The summed E-state index contributed by atoms with van der Waals surface area (Å²) in [4.78, 5) is 23.6. The molecule has 0 aliphatic rings. The van der Waals surface area contributed by atoms with Crippen LogP contribution in [-0.2, 0) is 14.3 Å². The number of aromatic hydroxyl groups is 1. The van der Waals surface area contributed by atoms with Crippen LogP contribution in [0.5, 0.6) is 5.75 Å². The van der Waals surface area contributed by atoms with Crippen molar-refractivity contribution in [3.8, 4) is 5.75 Å². The number of hydrogen-bond acceptors (Lipinski definition) is 6. The standard InChI is InChI=1S/C20H22BrNO5S/c1-13(10-11-26-18(24)12-28)19(14-2-8-17(23)9-3-14)27-20(25)22-16-6-4-15(21)5-7-16/h2-9,13,19,23,28H,10-12H2,1H3,(H,22,25)/t13-,19-/m0/s1. The van der Waals surface area contributed by atoms with Crippen molar-refractivity contribution >= 4 is 46.3 Å². The number of carbonyl (C=O) groups excluding carboxylic acids is 2. The highest BCUT2D eigenvalue weighted by atomic mass is 79.9. The van der Waals surface area contributed by atoms with Crippen LogP contribution in [0.15, 0.2) is 53.0 Å². The van der Waals surface area contributed by atoms with Crippen LogP contribution in [0.1, 0.15) is 25.0 Å². The van der Waals surface area contributed by atoms with Crippen LogP contribution >= 0.6 is 28.6 Å². The van der Waals surface area contributed by atoms with Gasteiger partial charge in [-0.25, -0.2) is 4.79 Å². The van der Waals surface area contributed by atoms with E-state index in [0.717, 1.165) is 10.0 Å². The second-order valence-electron chi connectivity index (χ2n) is 6.19. The van der Waals surface area contributed by atoms with Gasteiger partial charge >= 0.3 is 12.1 Å². The second-order valence-corrected chi connectivity index (χ2v) is 7.43. The lowest BCUT2D eigenvalue weighted by Gasteiger charge is -2.25. The lowest BCUT2D eigenvalue weighted by molar-refractivity contribution is -0.141. The molecule has 0 aromatic heterocycles. The van der Waals surface area contributed by atoms with Crippen LogP contribution in [0.25, 0.3) is 0 Å². The summed E-state index contributed by atoms with van der Waals surface area (Å²) >= 11 is 7.21. The molecule has 0 unspecified atom stereocenters. The van der Waals surface area contributed by atoms with Crippen LogP contribution in [0.4, 0.5) is 10.5 Å². The molecule has 2 N–H and O–H groups in total. The molecular formula is C20H22BrNO5S. The van der Waals surface area contributed by atoms with Gasteiger partial charge < -0.3 is 14.6 Å². The maximum atomic E-state index is 12.4. The number of nitrogens with one attached hydrogen (secondary N) is 1. The summed E-state index contributed by atoms with van der Waals surface area (Å²) in [6, 6.07) is 13.6. The highest BCUT2D eigenvalue weighted by molar-refractivity contribution is 9.10. The molecule has 2 rings (SSSR count). The number of anilines is 1. The van der Waals surface area contributed by atoms with E-state index in [0.29, 0.717) is 12.1 Å². The first-order valence-corrected chi connectivity index (χ1v) is 10.1. The highest BCUT2D eigenvalue weighted by Crippen LogP contribution is 2.30. The number of phenolic OH excluding ortho intramolecular Hbond substituents is 1. The van der Waals surface area contributed by atoms with E-state index in [4.69, 9.17) is 9.47 Å². The predicted molar refractivity (Wildman–Crippen MR) is 114 cm³/mol. The van der Waals surface area contributed by atoms with Crippen molar-refractivity contribution in [2.45, 2.75) is 19.4 Å². The van der Waals surface area contributed by atoms with Gasteiger partial charge in [0.25, 0.3) is 0 Å². The first-order valence-electron chi connectivity index (χ1n) is 8.67. The number of carbonyl (C=O) groups is 2. The molecule has 0 fully saturated rings. The third kappa shape index (κ3) is 7.09. The minimum Gasteiger partial charge on any atom is -0.508 e. The van der Waals surface area contributed by atoms with E-state index in [2.05, 4.69) is 33.9 Å². The fourth-order valence-corrected chi connectivity index (χ4v) is 2.88. The molecule has 2 aromatic rings. The maximum Gasteiger partial charge on any atom is 0.412 e. The van der Waals surface area contributed by atoms with Crippen LogP contribution in [0.3, 0.4) is 0 Å². The molecule has 0 heterocycles. The first-order chi connectivity index (χ1) is 13.4. The van der Waals surface area contributed by atoms with Crippen LogP contribution in [0.2, 0.25) is 0 Å². The molecule has 0 saturated carbocycles. The summed E-state index contributed by atoms with van der Waals surface area (Å²) in [5.74, 6) is -0.391. The number of benzene rings is 2. The molecule has 0 spiro atoms. The highest BCUT2D eigenvalue weighted by Gasteiger charge is 2.24. The molecule has 2 atom stereocenters. The van der Waals surface area contributed by atoms with Crippen molar-refractivity contribution in [2.75, 3.05) is 17.7 Å². The minimum absolute atomic E-state index is 0.0157. The summed E-state index contributed by atoms with van der Waals surface area (Å²) in [5, 5.41) is 12.2. The molecule has 6 nitrogen and oxygen atoms in total. The van der Waals surface area contributed by atoms with Crippen molar-refractivity contribution in [1.82, 2.24) is 0 Å². The molecule has 0 aliphatic carbocycles. The van der Waals surface area contributed by atoms with E-state index < -0.39 is 18.2 Å². The Kier molecular flexibility index (Phi) is 8.66. The van der Waals surface area contributed by atoms with Gasteiger partial charge in [-0.05, 0) is 48.4 Å². The molecule has 2 aromatic carbocycles. The van der Waals surface area contributed by atoms with Crippen LogP contribution in [-0.4, -0.2) is 29.5 Å². The molecular weight excluding hydrogens is 446 g/mol. The Morgan fingerprint density at radius 1 is 1.14 bits per heavy atom. The Labute approximate surface area is 177 Å². The number of rotatable bonds is 8. The van der Waals surface area contributed by atoms with Gasteiger partial charge in [0.15, 0.2) is 0 Å². The molecule has 0 bridgehead atoms. The van der Waals surface area contributed by atoms with Gasteiger partial charge in [0.2, 0.25) is 0 Å². The summed E-state index contributed by atoms with van der Waals surface area (Å²) < 4.78 is 11.6. The van der Waals surface area contributed by atoms with Crippen LogP contribution < -0.4 is 5.32 Å². The number of hydrogen-bond donors (Lipinski definition) is 3. The average Bonchev–Trinajstić information content (AvgIpc) is 2.68. The fraction of sp³-hybridized carbons (Fsp3) is 0.300. The number of ether oxygens (including phenoxy) is 2. The lowest BCUT2D eigenvalue weighted by Crippen LogP contribution is -2.23. The van der Waals surface area contributed by atoms with E-state index in [-0.39, 0.29) is 24.0 Å². The molecule has 1 amide bonds. The zero-order valence-corrected chi connectivity index (χ0v) is 17.8. The quantitative estimate of drug-likeness (QED) is 0.378. The normalized spacial score (nSPS) is 12.7. The van der Waals surface area contributed by atoms with E-state index in [1.54, 1.807) is 24.3 Å². The van der Waals surface area contributed by atoms with Crippen molar-refractivity contribution in [3.05, 3.63) is 58.6 Å². The third-order valence-corrected chi connectivity index (χ3v) is 4.82. The van der Waals surface area contributed by atoms with E-state index >= 15 is 0 Å². The largest absolute Gasteiger partial charge is 0.508 e. The van der Waals surface area contributed by atoms with E-state index in [9.17, 15) is 14.7 Å². The summed E-state index contributed by atoms with van der Waals surface area (Å²) in [5.41, 5.74) is 1.34. The molecule has 150 valence electrons. The number of esters is 1. The van der Waals surface area contributed by atoms with Gasteiger partial charge in [-0.2, -0.15) is 12.6 Å². The summed E-state index contributed by atoms with van der Waals surface area (Å²) in [6.45, 7) is 2.10. The van der Waals surface area contributed by atoms with Gasteiger partial charge in [0, 0.05) is 16.1 Å². The van der Waals surface area contributed by atoms with Gasteiger partial charge in [0.05, 0.1) is 12.4 Å². The molecule has 8 heteroatoms. The van der Waals surface area contributed by atoms with Gasteiger partial charge in [0.1, 0.15) is 11.9 Å². The van der Waals surface area contributed by atoms with Gasteiger partial charge in [-0.3, -0.25) is 10.1 Å². The Bertz CT molecular complexity index is 782. The first kappa shape index (κ1) is 22.1. The Hall–Kier alpha value is -2.19. The lowest BCUT2D eigenvalue weighted by atomic mass is 9.94. The van der Waals surface area contributed by atoms with Gasteiger partial charge in [-0.1, -0.05) is 35.0 Å². The number of phenols is 1. The van der Waals surface area contributed by atoms with Crippen molar-refractivity contribution in [3.63, 3.8) is 0 Å². The second kappa shape index (κ2) is 11.0. The van der Waals surface area contributed by atoms with E-state index in [1.165, 1.54) is 12.1 Å². The molecule has 0 radical (unpaired) electrons. The zero-order valence-electron chi connectivity index (χ0n) is 15.3. The molecule has 0 saturated heterocycles. The Morgan fingerprint density at radius 2 is 1.79 bits per heavy atom. The monoisotopic (exact) mass is 467 g/mol. The molecule has 28 heavy (non-hydrogen) atoms.